The summed E-state index contributed by atoms with van der Waals surface area (Å²) >= 11 is 0. The third-order valence-corrected chi connectivity index (χ3v) is 5.04. The molecule has 0 aromatic carbocycles. The number of carbonyl (C=O) groups excluding carboxylic acids is 9. The fourth-order valence-electron chi connectivity index (χ4n) is 2.66. The molecule has 3 heterocycles. The summed E-state index contributed by atoms with van der Waals surface area (Å²) in [4.78, 5) is 103. The van der Waals surface area contributed by atoms with Crippen LogP contribution in [0.1, 0.15) is 0 Å². The Morgan fingerprint density at radius 2 is 0.500 bits per heavy atom. The predicted molar refractivity (Wildman–Crippen MR) is 125 cm³/mol. The van der Waals surface area contributed by atoms with Crippen LogP contribution in [0.3, 0.4) is 0 Å². The molecule has 0 N–H and O–H groups in total. The Labute approximate surface area is 233 Å². The normalized spacial score (nSPS) is 17.9. The van der Waals surface area contributed by atoms with Gasteiger partial charge in [-0.25, -0.2) is 14.4 Å². The Kier molecular flexibility index (Phi) is 11.7. The summed E-state index contributed by atoms with van der Waals surface area (Å²) in [6.07, 6.45) is 0. The van der Waals surface area contributed by atoms with E-state index < -0.39 is 70.7 Å². The molecular weight excluding hydrogens is 593 g/mol. The molecule has 3 saturated heterocycles. The van der Waals surface area contributed by atoms with Crippen LogP contribution in [0.25, 0.3) is 0 Å². The van der Waals surface area contributed by atoms with Gasteiger partial charge < -0.3 is 31.1 Å². The number of hydrogen-bond acceptors (Lipinski definition) is 15. The van der Waals surface area contributed by atoms with E-state index >= 15 is 0 Å². The van der Waals surface area contributed by atoms with E-state index in [-0.39, 0.29) is 16.8 Å². The summed E-state index contributed by atoms with van der Waals surface area (Å²) in [5, 5.41) is 37.1. The number of urea groups is 3. The van der Waals surface area contributed by atoms with Crippen molar-refractivity contribution >= 4 is 70.7 Å². The maximum absolute atomic E-state index is 11.1. The molecule has 21 nitrogen and oxygen atoms in total. The average Bonchev–Trinajstić information content (AvgIpc) is 2.92. The summed E-state index contributed by atoms with van der Waals surface area (Å²) in [6, 6.07) is -2.33. The van der Waals surface area contributed by atoms with Crippen LogP contribution in [-0.2, 0) is 45.5 Å². The van der Waals surface area contributed by atoms with E-state index in [1.807, 2.05) is 0 Å². The van der Waals surface area contributed by atoms with Crippen LogP contribution in [0.4, 0.5) is 14.4 Å². The first-order chi connectivity index (χ1) is 18.0. The second-order valence-electron chi connectivity index (χ2n) is 7.35. The number of carbonyl (C=O) groups is 9. The van der Waals surface area contributed by atoms with Gasteiger partial charge in [0.2, 0.25) is 0 Å². The second-order valence-corrected chi connectivity index (χ2v) is 7.35. The smallest absolute Gasteiger partial charge is 0.791 e. The number of hydrogen-bond donors (Lipinski definition) is 0. The molecule has 3 rings (SSSR count). The summed E-state index contributed by atoms with van der Waals surface area (Å²) in [5.41, 5.74) is -2.32. The Morgan fingerprint density at radius 3 is 0.600 bits per heavy atom. The number of amides is 12. The van der Waals surface area contributed by atoms with E-state index in [0.717, 1.165) is 0 Å². The van der Waals surface area contributed by atoms with Gasteiger partial charge in [0, 0.05) is 42.3 Å². The number of imide groups is 6. The minimum Gasteiger partial charge on any atom is -0.791 e. The van der Waals surface area contributed by atoms with Gasteiger partial charge in [0.1, 0.15) is 0 Å². The van der Waals surface area contributed by atoms with Gasteiger partial charge in [-0.1, -0.05) is 0 Å². The van der Waals surface area contributed by atoms with Gasteiger partial charge in [0.25, 0.3) is 35.4 Å². The van der Waals surface area contributed by atoms with Crippen LogP contribution in [0.2, 0.25) is 0 Å². The molecule has 0 saturated carbocycles. The summed E-state index contributed by atoms with van der Waals surface area (Å²) in [5.74, 6) is -5.82. The fraction of sp³-hybridized carbons (Fsp3) is 0.333. The van der Waals surface area contributed by atoms with Crippen LogP contribution in [0.5, 0.6) is 0 Å². The van der Waals surface area contributed by atoms with Gasteiger partial charge in [-0.15, -0.1) is 0 Å². The first-order valence-corrected chi connectivity index (χ1v) is 9.92. The fourth-order valence-corrected chi connectivity index (χ4v) is 2.66. The Hall–Kier alpha value is -5.25. The molecule has 0 aromatic rings. The molecule has 0 unspecified atom stereocenters. The second kappa shape index (κ2) is 13.5. The zero-order valence-electron chi connectivity index (χ0n) is 21.3. The minimum absolute atomic E-state index is 0. The Morgan fingerprint density at radius 1 is 0.375 bits per heavy atom. The number of rotatable bonds is 0. The summed E-state index contributed by atoms with van der Waals surface area (Å²) in [7, 11) is 6.99. The van der Waals surface area contributed by atoms with Crippen molar-refractivity contribution in [3.63, 3.8) is 0 Å². The van der Waals surface area contributed by atoms with Crippen LogP contribution in [-0.4, -0.2) is 142 Å². The molecule has 40 heavy (non-hydrogen) atoms. The average molecular weight is 611 g/mol. The molecule has 22 heteroatoms. The molecule has 0 radical (unpaired) electrons. The van der Waals surface area contributed by atoms with Gasteiger partial charge in [-0.2, -0.15) is 0 Å². The molecule has 12 amide bonds. The molecule has 0 aromatic heterocycles. The standard InChI is InChI=1S/3C6H7N3O4.Co/c3*1-8-4(10)3(7-13)5(11)9(2)6(8)12;/h3*13H,1-2H3;/q;;;+3/p-3. The summed E-state index contributed by atoms with van der Waals surface area (Å²) < 4.78 is 0. The Balaban J connectivity index is 0.000000563. The van der Waals surface area contributed by atoms with Crippen LogP contribution in [0, 0.1) is 15.6 Å². The monoisotopic (exact) mass is 611 g/mol. The molecule has 0 aliphatic carbocycles. The zero-order valence-corrected chi connectivity index (χ0v) is 22.3. The van der Waals surface area contributed by atoms with Crippen molar-refractivity contribution in [3.05, 3.63) is 15.6 Å². The predicted octanol–water partition coefficient (Wildman–Crippen LogP) is -3.08. The van der Waals surface area contributed by atoms with E-state index in [4.69, 9.17) is 0 Å². The molecule has 3 fully saturated rings. The number of barbiturate groups is 3. The quantitative estimate of drug-likeness (QED) is 0.247. The van der Waals surface area contributed by atoms with Gasteiger partial charge in [0.15, 0.2) is 17.1 Å². The first kappa shape index (κ1) is 34.7. The van der Waals surface area contributed by atoms with E-state index in [1.54, 1.807) is 0 Å². The maximum atomic E-state index is 11.1. The van der Waals surface area contributed by atoms with Gasteiger partial charge in [0.05, 0.1) is 0 Å². The molecule has 3 aliphatic heterocycles. The van der Waals surface area contributed by atoms with Crippen molar-refractivity contribution in [2.75, 3.05) is 42.3 Å². The first-order valence-electron chi connectivity index (χ1n) is 9.92. The van der Waals surface area contributed by atoms with Gasteiger partial charge in [-0.05, 0) is 0 Å². The van der Waals surface area contributed by atoms with Crippen molar-refractivity contribution in [2.45, 2.75) is 0 Å². The van der Waals surface area contributed by atoms with E-state index in [2.05, 4.69) is 15.5 Å². The third kappa shape index (κ3) is 6.24. The van der Waals surface area contributed by atoms with Crippen molar-refractivity contribution in [1.29, 1.82) is 0 Å². The van der Waals surface area contributed by atoms with Crippen molar-refractivity contribution in [1.82, 2.24) is 29.4 Å². The van der Waals surface area contributed by atoms with E-state index in [1.165, 1.54) is 42.3 Å². The third-order valence-electron chi connectivity index (χ3n) is 5.04. The van der Waals surface area contributed by atoms with E-state index in [0.29, 0.717) is 29.4 Å². The van der Waals surface area contributed by atoms with E-state index in [9.17, 15) is 58.8 Å². The molecule has 0 spiro atoms. The minimum atomic E-state index is -0.969. The molecule has 216 valence electrons. The molecule has 0 atom stereocenters. The molecule has 3 aliphatic rings. The van der Waals surface area contributed by atoms with Crippen molar-refractivity contribution in [2.24, 2.45) is 15.5 Å². The van der Waals surface area contributed by atoms with Crippen LogP contribution < -0.4 is 0 Å². The SMILES string of the molecule is CN1C(=O)C(=N[O-])C(=O)N(C)C1=O.CN1C(=O)C(=N[O-])C(=O)N(C)C1=O.CN1C(=O)C(=N[O-])C(=O)N(C)C1=O.[Co+3]. The van der Waals surface area contributed by atoms with Gasteiger partial charge in [-0.3, -0.25) is 58.2 Å². The largest absolute Gasteiger partial charge is 3.00 e. The topological polar surface area (TPSA) is 279 Å². The van der Waals surface area contributed by atoms with Crippen molar-refractivity contribution < 1.29 is 59.9 Å². The van der Waals surface area contributed by atoms with Crippen LogP contribution in [0.15, 0.2) is 15.5 Å². The zero-order chi connectivity index (χ0) is 30.5. The summed E-state index contributed by atoms with van der Waals surface area (Å²) in [6.45, 7) is 0. The Bertz CT molecular complexity index is 1050. The van der Waals surface area contributed by atoms with Gasteiger partial charge >= 0.3 is 34.9 Å². The van der Waals surface area contributed by atoms with Crippen molar-refractivity contribution in [3.8, 4) is 0 Å². The maximum Gasteiger partial charge on any atom is 3.00 e. The molecule has 0 bridgehead atoms. The number of nitrogens with zero attached hydrogens (tertiary/aromatic N) is 9. The van der Waals surface area contributed by atoms with Crippen LogP contribution >= 0.6 is 0 Å². The molecular formula is C18H18CoN9O12.